The van der Waals surface area contributed by atoms with Crippen LogP contribution < -0.4 is 5.32 Å². The summed E-state index contributed by atoms with van der Waals surface area (Å²) in [4.78, 5) is 4.35. The maximum atomic E-state index is 5.83. The molecule has 0 radical (unpaired) electrons. The fourth-order valence-electron chi connectivity index (χ4n) is 2.08. The van der Waals surface area contributed by atoms with E-state index < -0.39 is 0 Å². The minimum Gasteiger partial charge on any atom is -0.376 e. The number of aryl methyl sites for hydroxylation is 1. The van der Waals surface area contributed by atoms with Gasteiger partial charge < -0.3 is 10.1 Å². The van der Waals surface area contributed by atoms with Crippen LogP contribution >= 0.6 is 11.5 Å². The molecule has 0 aromatic carbocycles. The zero-order valence-corrected chi connectivity index (χ0v) is 11.3. The predicted octanol–water partition coefficient (Wildman–Crippen LogP) is 2.86. The number of hydrogen-bond donors (Lipinski definition) is 1. The monoisotopic (exact) mass is 255 g/mol. The molecule has 17 heavy (non-hydrogen) atoms. The average Bonchev–Trinajstić information content (AvgIpc) is 2.84. The van der Waals surface area contributed by atoms with Crippen molar-refractivity contribution in [1.29, 1.82) is 0 Å². The zero-order valence-electron chi connectivity index (χ0n) is 10.4. The van der Waals surface area contributed by atoms with Gasteiger partial charge in [-0.15, -0.1) is 0 Å². The second-order valence-corrected chi connectivity index (χ2v) is 5.18. The third kappa shape index (κ3) is 4.24. The molecular formula is C12H21N3OS. The van der Waals surface area contributed by atoms with Gasteiger partial charge in [-0.05, 0) is 12.8 Å². The molecular weight excluding hydrogens is 234 g/mol. The number of nitrogens with one attached hydrogen (secondary N) is 1. The van der Waals surface area contributed by atoms with Crippen molar-refractivity contribution >= 4 is 16.7 Å². The van der Waals surface area contributed by atoms with Crippen LogP contribution in [0.25, 0.3) is 0 Å². The van der Waals surface area contributed by atoms with Gasteiger partial charge in [0, 0.05) is 24.5 Å². The minimum absolute atomic E-state index is 0.492. The summed E-state index contributed by atoms with van der Waals surface area (Å²) in [5, 5.41) is 4.17. The van der Waals surface area contributed by atoms with Crippen molar-refractivity contribution in [2.75, 3.05) is 18.5 Å². The molecule has 0 spiro atoms. The molecule has 4 nitrogen and oxygen atoms in total. The van der Waals surface area contributed by atoms with Gasteiger partial charge in [0.2, 0.25) is 5.13 Å². The Morgan fingerprint density at radius 2 is 2.18 bits per heavy atom. The lowest BCUT2D eigenvalue weighted by atomic mass is 9.98. The molecule has 0 saturated heterocycles. The largest absolute Gasteiger partial charge is 0.376 e. The van der Waals surface area contributed by atoms with Crippen LogP contribution in [0.1, 0.15) is 44.9 Å². The van der Waals surface area contributed by atoms with Crippen LogP contribution in [0.5, 0.6) is 0 Å². The molecule has 1 saturated carbocycles. The molecule has 0 amide bonds. The molecule has 2 rings (SSSR count). The molecule has 96 valence electrons. The summed E-state index contributed by atoms with van der Waals surface area (Å²) in [6.45, 7) is 3.67. The van der Waals surface area contributed by atoms with Gasteiger partial charge in [-0.2, -0.15) is 4.37 Å². The Morgan fingerprint density at radius 1 is 1.35 bits per heavy atom. The quantitative estimate of drug-likeness (QED) is 0.794. The van der Waals surface area contributed by atoms with E-state index in [-0.39, 0.29) is 0 Å². The minimum atomic E-state index is 0.492. The average molecular weight is 255 g/mol. The maximum absolute atomic E-state index is 5.83. The Balaban J connectivity index is 1.59. The third-order valence-corrected chi connectivity index (χ3v) is 3.78. The Hall–Kier alpha value is -0.680. The molecule has 1 N–H and O–H groups in total. The predicted molar refractivity (Wildman–Crippen MR) is 70.6 cm³/mol. The Morgan fingerprint density at radius 3 is 2.88 bits per heavy atom. The number of aromatic nitrogens is 2. The summed E-state index contributed by atoms with van der Waals surface area (Å²) >= 11 is 1.43. The third-order valence-electron chi connectivity index (χ3n) is 3.07. The molecule has 1 fully saturated rings. The van der Waals surface area contributed by atoms with Crippen LogP contribution in [0.3, 0.4) is 0 Å². The molecule has 1 aliphatic rings. The fourth-order valence-corrected chi connectivity index (χ4v) is 2.76. The van der Waals surface area contributed by atoms with Crippen LogP contribution in [0.4, 0.5) is 5.13 Å². The van der Waals surface area contributed by atoms with Crippen LogP contribution in [0.15, 0.2) is 0 Å². The number of rotatable bonds is 6. The Kier molecular flexibility index (Phi) is 5.19. The molecule has 0 atom stereocenters. The van der Waals surface area contributed by atoms with Crippen molar-refractivity contribution < 1.29 is 4.74 Å². The highest BCUT2D eigenvalue weighted by Crippen LogP contribution is 2.20. The van der Waals surface area contributed by atoms with Gasteiger partial charge >= 0.3 is 0 Å². The summed E-state index contributed by atoms with van der Waals surface area (Å²) in [5.74, 6) is 0.922. The molecule has 1 aromatic heterocycles. The maximum Gasteiger partial charge on any atom is 0.202 e. The lowest BCUT2D eigenvalue weighted by Crippen LogP contribution is -2.20. The lowest BCUT2D eigenvalue weighted by molar-refractivity contribution is 0.0347. The van der Waals surface area contributed by atoms with Crippen molar-refractivity contribution in [3.05, 3.63) is 5.82 Å². The number of ether oxygens (including phenoxy) is 1. The number of nitrogens with zero attached hydrogens (tertiary/aromatic N) is 2. The van der Waals surface area contributed by atoms with E-state index in [1.54, 1.807) is 0 Å². The normalized spacial score (nSPS) is 17.2. The summed E-state index contributed by atoms with van der Waals surface area (Å²) in [5.41, 5.74) is 0. The van der Waals surface area contributed by atoms with Gasteiger partial charge in [0.05, 0.1) is 12.7 Å². The van der Waals surface area contributed by atoms with E-state index in [0.717, 1.165) is 30.5 Å². The van der Waals surface area contributed by atoms with E-state index in [1.165, 1.54) is 43.6 Å². The van der Waals surface area contributed by atoms with E-state index in [4.69, 9.17) is 4.74 Å². The highest BCUT2D eigenvalue weighted by Gasteiger charge is 2.13. The first-order chi connectivity index (χ1) is 8.38. The SMILES string of the molecule is CCc1nsc(NCCOC2CCCCC2)n1. The van der Waals surface area contributed by atoms with Crippen LogP contribution in [0.2, 0.25) is 0 Å². The summed E-state index contributed by atoms with van der Waals surface area (Å²) < 4.78 is 10.1. The van der Waals surface area contributed by atoms with Gasteiger partial charge in [-0.1, -0.05) is 26.2 Å². The molecule has 1 heterocycles. The van der Waals surface area contributed by atoms with Gasteiger partial charge in [0.1, 0.15) is 5.82 Å². The van der Waals surface area contributed by atoms with Crippen molar-refractivity contribution in [3.63, 3.8) is 0 Å². The number of hydrogen-bond acceptors (Lipinski definition) is 5. The van der Waals surface area contributed by atoms with Crippen molar-refractivity contribution in [1.82, 2.24) is 9.36 Å². The van der Waals surface area contributed by atoms with E-state index in [0.29, 0.717) is 6.10 Å². The first-order valence-electron chi connectivity index (χ1n) is 6.56. The first-order valence-corrected chi connectivity index (χ1v) is 7.34. The van der Waals surface area contributed by atoms with Crippen LogP contribution in [-0.2, 0) is 11.2 Å². The van der Waals surface area contributed by atoms with Gasteiger partial charge in [0.25, 0.3) is 0 Å². The van der Waals surface area contributed by atoms with E-state index in [2.05, 4.69) is 21.6 Å². The first kappa shape index (κ1) is 12.8. The standard InChI is InChI=1S/C12H21N3OS/c1-2-11-14-12(17-15-11)13-8-9-16-10-6-4-3-5-7-10/h10H,2-9H2,1H3,(H,13,14,15). The molecule has 0 aliphatic heterocycles. The summed E-state index contributed by atoms with van der Waals surface area (Å²) in [6.07, 6.45) is 7.89. The zero-order chi connectivity index (χ0) is 11.9. The molecule has 5 heteroatoms. The second-order valence-electron chi connectivity index (χ2n) is 4.43. The summed E-state index contributed by atoms with van der Waals surface area (Å²) in [6, 6.07) is 0. The van der Waals surface area contributed by atoms with Crippen molar-refractivity contribution in [3.8, 4) is 0 Å². The Bertz CT molecular complexity index is 323. The highest BCUT2D eigenvalue weighted by molar-refractivity contribution is 7.09. The van der Waals surface area contributed by atoms with Gasteiger partial charge in [0.15, 0.2) is 0 Å². The highest BCUT2D eigenvalue weighted by atomic mass is 32.1. The molecule has 1 aliphatic carbocycles. The van der Waals surface area contributed by atoms with E-state index >= 15 is 0 Å². The fraction of sp³-hybridized carbons (Fsp3) is 0.833. The second kappa shape index (κ2) is 6.91. The number of anilines is 1. The van der Waals surface area contributed by atoms with Crippen molar-refractivity contribution in [2.24, 2.45) is 0 Å². The van der Waals surface area contributed by atoms with E-state index in [1.807, 2.05) is 0 Å². The van der Waals surface area contributed by atoms with Gasteiger partial charge in [-0.25, -0.2) is 4.98 Å². The topological polar surface area (TPSA) is 47.0 Å². The lowest BCUT2D eigenvalue weighted by Gasteiger charge is -2.21. The Labute approximate surface area is 107 Å². The van der Waals surface area contributed by atoms with E-state index in [9.17, 15) is 0 Å². The smallest absolute Gasteiger partial charge is 0.202 e. The summed E-state index contributed by atoms with van der Waals surface area (Å²) in [7, 11) is 0. The van der Waals surface area contributed by atoms with Gasteiger partial charge in [-0.3, -0.25) is 0 Å². The molecule has 0 bridgehead atoms. The van der Waals surface area contributed by atoms with Crippen LogP contribution in [-0.4, -0.2) is 28.6 Å². The molecule has 0 unspecified atom stereocenters. The van der Waals surface area contributed by atoms with Crippen LogP contribution in [0, 0.1) is 0 Å². The van der Waals surface area contributed by atoms with Crippen molar-refractivity contribution in [2.45, 2.75) is 51.6 Å². The molecule has 1 aromatic rings.